The maximum absolute atomic E-state index is 14.1. The van der Waals surface area contributed by atoms with Gasteiger partial charge in [-0.3, -0.25) is 0 Å². The molecule has 4 nitrogen and oxygen atoms in total. The molecular weight excluding hydrogens is 421 g/mol. The standard InChI is InChI=1S/C22H17BrFN3O/c1-14-13-16(11-12-18(14)23)25-20(15-7-3-2-4-8-15)22-27-26-21(28-22)17-9-5-6-10-19(17)24/h2-13,20,25H,1H3. The van der Waals surface area contributed by atoms with E-state index in [9.17, 15) is 4.39 Å². The van der Waals surface area contributed by atoms with Crippen molar-refractivity contribution in [3.05, 3.63) is 100 Å². The van der Waals surface area contributed by atoms with Crippen LogP contribution in [0, 0.1) is 12.7 Å². The summed E-state index contributed by atoms with van der Waals surface area (Å²) in [5.41, 5.74) is 3.27. The molecule has 140 valence electrons. The normalized spacial score (nSPS) is 12.0. The van der Waals surface area contributed by atoms with Crippen molar-refractivity contribution in [2.45, 2.75) is 13.0 Å². The second kappa shape index (κ2) is 7.94. The monoisotopic (exact) mass is 437 g/mol. The summed E-state index contributed by atoms with van der Waals surface area (Å²) in [7, 11) is 0. The number of rotatable bonds is 5. The Balaban J connectivity index is 1.72. The van der Waals surface area contributed by atoms with Gasteiger partial charge >= 0.3 is 0 Å². The summed E-state index contributed by atoms with van der Waals surface area (Å²) in [6, 6.07) is 21.8. The Morgan fingerprint density at radius 3 is 2.46 bits per heavy atom. The lowest BCUT2D eigenvalue weighted by atomic mass is 10.1. The molecule has 6 heteroatoms. The fourth-order valence-corrected chi connectivity index (χ4v) is 3.18. The minimum atomic E-state index is -0.398. The van der Waals surface area contributed by atoms with Crippen LogP contribution in [0.3, 0.4) is 0 Å². The van der Waals surface area contributed by atoms with Crippen LogP contribution in [0.2, 0.25) is 0 Å². The third-order valence-corrected chi connectivity index (χ3v) is 5.28. The summed E-state index contributed by atoms with van der Waals surface area (Å²) in [6.45, 7) is 2.02. The third kappa shape index (κ3) is 3.82. The van der Waals surface area contributed by atoms with Crippen LogP contribution in [0.15, 0.2) is 81.7 Å². The van der Waals surface area contributed by atoms with Crippen molar-refractivity contribution in [3.63, 3.8) is 0 Å². The van der Waals surface area contributed by atoms with Crippen LogP contribution >= 0.6 is 15.9 Å². The highest BCUT2D eigenvalue weighted by molar-refractivity contribution is 9.10. The average Bonchev–Trinajstić information content (AvgIpc) is 3.19. The van der Waals surface area contributed by atoms with E-state index >= 15 is 0 Å². The van der Waals surface area contributed by atoms with Gasteiger partial charge in [-0.05, 0) is 48.4 Å². The number of aryl methyl sites for hydroxylation is 1. The van der Waals surface area contributed by atoms with Crippen molar-refractivity contribution in [3.8, 4) is 11.5 Å². The van der Waals surface area contributed by atoms with E-state index in [1.54, 1.807) is 18.2 Å². The molecule has 0 amide bonds. The van der Waals surface area contributed by atoms with Gasteiger partial charge in [0.15, 0.2) is 0 Å². The molecule has 1 unspecified atom stereocenters. The summed E-state index contributed by atoms with van der Waals surface area (Å²) in [5.74, 6) is 0.123. The smallest absolute Gasteiger partial charge is 0.250 e. The van der Waals surface area contributed by atoms with Gasteiger partial charge in [0.25, 0.3) is 5.89 Å². The van der Waals surface area contributed by atoms with Gasteiger partial charge in [0.1, 0.15) is 11.9 Å². The van der Waals surface area contributed by atoms with Crippen LogP contribution in [0.25, 0.3) is 11.5 Å². The van der Waals surface area contributed by atoms with Crippen LogP contribution in [0.4, 0.5) is 10.1 Å². The number of hydrogen-bond acceptors (Lipinski definition) is 4. The van der Waals surface area contributed by atoms with Crippen LogP contribution in [-0.4, -0.2) is 10.2 Å². The Labute approximate surface area is 170 Å². The van der Waals surface area contributed by atoms with Crippen molar-refractivity contribution < 1.29 is 8.81 Å². The Hall–Kier alpha value is -2.99. The molecule has 0 fully saturated rings. The predicted molar refractivity (Wildman–Crippen MR) is 110 cm³/mol. The molecule has 0 aliphatic rings. The van der Waals surface area contributed by atoms with Gasteiger partial charge in [-0.25, -0.2) is 4.39 Å². The third-order valence-electron chi connectivity index (χ3n) is 4.39. The first-order valence-electron chi connectivity index (χ1n) is 8.78. The van der Waals surface area contributed by atoms with Crippen molar-refractivity contribution in [2.24, 2.45) is 0 Å². The summed E-state index contributed by atoms with van der Waals surface area (Å²) < 4.78 is 21.0. The first-order chi connectivity index (χ1) is 13.6. The fraction of sp³-hybridized carbons (Fsp3) is 0.0909. The number of aromatic nitrogens is 2. The Bertz CT molecular complexity index is 1100. The minimum Gasteiger partial charge on any atom is -0.418 e. The van der Waals surface area contributed by atoms with E-state index in [0.717, 1.165) is 21.3 Å². The Morgan fingerprint density at radius 1 is 0.964 bits per heavy atom. The molecule has 0 radical (unpaired) electrons. The maximum atomic E-state index is 14.1. The van der Waals surface area contributed by atoms with Gasteiger partial charge < -0.3 is 9.73 Å². The van der Waals surface area contributed by atoms with Crippen LogP contribution in [-0.2, 0) is 0 Å². The molecule has 4 rings (SSSR count). The van der Waals surface area contributed by atoms with Gasteiger partial charge in [0.2, 0.25) is 5.89 Å². The van der Waals surface area contributed by atoms with Gasteiger partial charge in [-0.1, -0.05) is 58.4 Å². The summed E-state index contributed by atoms with van der Waals surface area (Å²) in [6.07, 6.45) is 0. The average molecular weight is 438 g/mol. The van der Waals surface area contributed by atoms with Crippen molar-refractivity contribution in [2.75, 3.05) is 5.32 Å². The predicted octanol–water partition coefficient (Wildman–Crippen LogP) is 6.15. The van der Waals surface area contributed by atoms with E-state index in [1.165, 1.54) is 6.07 Å². The molecule has 4 aromatic rings. The molecule has 1 N–H and O–H groups in total. The fourth-order valence-electron chi connectivity index (χ4n) is 2.93. The minimum absolute atomic E-state index is 0.155. The van der Waals surface area contributed by atoms with Crippen LogP contribution < -0.4 is 5.32 Å². The highest BCUT2D eigenvalue weighted by Gasteiger charge is 2.22. The van der Waals surface area contributed by atoms with Gasteiger partial charge in [-0.2, -0.15) is 0 Å². The number of benzene rings is 3. The lowest BCUT2D eigenvalue weighted by Crippen LogP contribution is -2.13. The molecule has 1 aromatic heterocycles. The second-order valence-electron chi connectivity index (χ2n) is 6.38. The van der Waals surface area contributed by atoms with Crippen LogP contribution in [0.1, 0.15) is 23.1 Å². The maximum Gasteiger partial charge on any atom is 0.250 e. The molecule has 0 aliphatic carbocycles. The number of anilines is 1. The zero-order valence-corrected chi connectivity index (χ0v) is 16.7. The van der Waals surface area contributed by atoms with Gasteiger partial charge in [0, 0.05) is 10.2 Å². The first-order valence-corrected chi connectivity index (χ1v) is 9.57. The number of hydrogen-bond donors (Lipinski definition) is 1. The zero-order valence-electron chi connectivity index (χ0n) is 15.1. The zero-order chi connectivity index (χ0) is 19.5. The molecule has 0 bridgehead atoms. The molecule has 3 aromatic carbocycles. The van der Waals surface area contributed by atoms with E-state index in [4.69, 9.17) is 4.42 Å². The molecule has 1 atom stereocenters. The Morgan fingerprint density at radius 2 is 1.71 bits per heavy atom. The van der Waals surface area contributed by atoms with E-state index in [-0.39, 0.29) is 17.5 Å². The molecule has 0 saturated carbocycles. The number of halogens is 2. The summed E-state index contributed by atoms with van der Waals surface area (Å²) >= 11 is 3.52. The van der Waals surface area contributed by atoms with E-state index in [0.29, 0.717) is 5.89 Å². The van der Waals surface area contributed by atoms with Crippen molar-refractivity contribution in [1.82, 2.24) is 10.2 Å². The SMILES string of the molecule is Cc1cc(NC(c2ccccc2)c2nnc(-c3ccccc3F)o2)ccc1Br. The quantitative estimate of drug-likeness (QED) is 0.406. The topological polar surface area (TPSA) is 51.0 Å². The summed E-state index contributed by atoms with van der Waals surface area (Å²) in [5, 5.41) is 11.7. The lowest BCUT2D eigenvalue weighted by Gasteiger charge is -2.17. The summed E-state index contributed by atoms with van der Waals surface area (Å²) in [4.78, 5) is 0. The van der Waals surface area contributed by atoms with Crippen LogP contribution in [0.5, 0.6) is 0 Å². The lowest BCUT2D eigenvalue weighted by molar-refractivity contribution is 0.490. The van der Waals surface area contributed by atoms with Gasteiger partial charge in [-0.15, -0.1) is 10.2 Å². The van der Waals surface area contributed by atoms with E-state index in [1.807, 2.05) is 55.5 Å². The van der Waals surface area contributed by atoms with E-state index in [2.05, 4.69) is 31.4 Å². The van der Waals surface area contributed by atoms with Crippen molar-refractivity contribution >= 4 is 21.6 Å². The molecule has 28 heavy (non-hydrogen) atoms. The van der Waals surface area contributed by atoms with Gasteiger partial charge in [0.05, 0.1) is 5.56 Å². The molecule has 1 heterocycles. The molecule has 0 spiro atoms. The first kappa shape index (κ1) is 18.4. The second-order valence-corrected chi connectivity index (χ2v) is 7.23. The largest absolute Gasteiger partial charge is 0.418 e. The highest BCUT2D eigenvalue weighted by Crippen LogP contribution is 2.30. The highest BCUT2D eigenvalue weighted by atomic mass is 79.9. The molecule has 0 aliphatic heterocycles. The van der Waals surface area contributed by atoms with Crippen molar-refractivity contribution in [1.29, 1.82) is 0 Å². The Kier molecular flexibility index (Phi) is 5.21. The number of nitrogens with zero attached hydrogens (tertiary/aromatic N) is 2. The molecule has 0 saturated heterocycles. The van der Waals surface area contributed by atoms with E-state index < -0.39 is 5.82 Å². The molecular formula is C22H17BrFN3O. The number of nitrogens with one attached hydrogen (secondary N) is 1.